The van der Waals surface area contributed by atoms with Crippen LogP contribution in [0, 0.1) is 5.92 Å². The summed E-state index contributed by atoms with van der Waals surface area (Å²) >= 11 is 0. The summed E-state index contributed by atoms with van der Waals surface area (Å²) in [7, 11) is 6.38. The molecule has 0 unspecified atom stereocenters. The fraction of sp³-hybridized carbons (Fsp3) is 0.483. The predicted octanol–water partition coefficient (Wildman–Crippen LogP) is 3.67. The van der Waals surface area contributed by atoms with E-state index < -0.39 is 0 Å². The summed E-state index contributed by atoms with van der Waals surface area (Å²) in [5, 5.41) is 6.38. The Labute approximate surface area is 229 Å². The Morgan fingerprint density at radius 1 is 0.897 bits per heavy atom. The van der Waals surface area contributed by atoms with Crippen LogP contribution < -0.4 is 18.9 Å². The van der Waals surface area contributed by atoms with Gasteiger partial charge in [-0.1, -0.05) is 0 Å². The van der Waals surface area contributed by atoms with Crippen LogP contribution >= 0.6 is 0 Å². The van der Waals surface area contributed by atoms with Crippen molar-refractivity contribution in [1.82, 2.24) is 9.91 Å². The van der Waals surface area contributed by atoms with Crippen molar-refractivity contribution in [2.75, 3.05) is 54.7 Å². The minimum Gasteiger partial charge on any atom is -0.497 e. The number of hydrazone groups is 1. The van der Waals surface area contributed by atoms with Crippen molar-refractivity contribution in [1.29, 1.82) is 0 Å². The van der Waals surface area contributed by atoms with Crippen molar-refractivity contribution in [3.63, 3.8) is 0 Å². The summed E-state index contributed by atoms with van der Waals surface area (Å²) in [5.41, 5.74) is 2.44. The summed E-state index contributed by atoms with van der Waals surface area (Å²) in [6, 6.07) is 10.8. The highest BCUT2D eigenvalue weighted by atomic mass is 16.5. The first kappa shape index (κ1) is 28.2. The van der Waals surface area contributed by atoms with Gasteiger partial charge >= 0.3 is 5.97 Å². The summed E-state index contributed by atoms with van der Waals surface area (Å²) in [6.45, 7) is 3.68. The van der Waals surface area contributed by atoms with Gasteiger partial charge in [-0.25, -0.2) is 5.01 Å². The van der Waals surface area contributed by atoms with Gasteiger partial charge in [-0.3, -0.25) is 14.5 Å². The fourth-order valence-electron chi connectivity index (χ4n) is 5.12. The molecule has 0 radical (unpaired) electrons. The molecule has 0 spiro atoms. The molecule has 1 saturated heterocycles. The van der Waals surface area contributed by atoms with Crippen LogP contribution in [0.25, 0.3) is 0 Å². The first-order valence-corrected chi connectivity index (χ1v) is 13.1. The molecule has 2 aromatic rings. The number of esters is 1. The highest BCUT2D eigenvalue weighted by Gasteiger charge is 2.36. The number of nitrogens with zero attached hydrogens (tertiary/aromatic N) is 3. The highest BCUT2D eigenvalue weighted by Crippen LogP contribution is 2.40. The topological polar surface area (TPSA) is 99.1 Å². The van der Waals surface area contributed by atoms with Gasteiger partial charge in [0.15, 0.2) is 11.5 Å². The quantitative estimate of drug-likeness (QED) is 0.422. The van der Waals surface area contributed by atoms with E-state index in [9.17, 15) is 9.59 Å². The number of rotatable bonds is 10. The fourth-order valence-corrected chi connectivity index (χ4v) is 5.12. The molecule has 10 nitrogen and oxygen atoms in total. The number of benzene rings is 2. The zero-order valence-corrected chi connectivity index (χ0v) is 23.3. The molecular weight excluding hydrogens is 502 g/mol. The van der Waals surface area contributed by atoms with Crippen LogP contribution in [0.2, 0.25) is 0 Å². The van der Waals surface area contributed by atoms with Crippen LogP contribution in [-0.4, -0.2) is 82.2 Å². The van der Waals surface area contributed by atoms with Gasteiger partial charge in [-0.2, -0.15) is 5.10 Å². The molecule has 2 aromatic carbocycles. The van der Waals surface area contributed by atoms with Gasteiger partial charge in [0, 0.05) is 23.6 Å². The number of carbonyl (C=O) groups is 2. The molecule has 0 saturated carbocycles. The Kier molecular flexibility index (Phi) is 9.29. The molecular formula is C29H37N3O7. The molecule has 1 atom stereocenters. The maximum absolute atomic E-state index is 13.7. The molecule has 1 fully saturated rings. The normalized spacial score (nSPS) is 17.9. The van der Waals surface area contributed by atoms with Crippen LogP contribution in [0.1, 0.15) is 43.4 Å². The second-order valence-corrected chi connectivity index (χ2v) is 9.49. The van der Waals surface area contributed by atoms with Gasteiger partial charge in [-0.15, -0.1) is 0 Å². The monoisotopic (exact) mass is 539 g/mol. The minimum absolute atomic E-state index is 0.117. The first-order valence-electron chi connectivity index (χ1n) is 13.1. The number of ether oxygens (including phenoxy) is 5. The molecule has 39 heavy (non-hydrogen) atoms. The Bertz CT molecular complexity index is 1210. The van der Waals surface area contributed by atoms with Crippen LogP contribution in [-0.2, 0) is 14.3 Å². The Balaban J connectivity index is 1.59. The van der Waals surface area contributed by atoms with Gasteiger partial charge in [0.2, 0.25) is 0 Å². The molecule has 2 aliphatic heterocycles. The van der Waals surface area contributed by atoms with Crippen molar-refractivity contribution in [3.05, 3.63) is 47.5 Å². The SMILES string of the molecule is CCOC(=O)C1CCN(CC(=O)N2N=C(c3ccc(OC)c(OC)c3)C[C@H]2c2ccc(OC)cc2OC)CC1. The van der Waals surface area contributed by atoms with E-state index in [1.807, 2.05) is 43.3 Å². The number of likely N-dealkylation sites (tertiary alicyclic amines) is 1. The zero-order valence-electron chi connectivity index (χ0n) is 23.3. The molecule has 1 amide bonds. The van der Waals surface area contributed by atoms with Gasteiger partial charge < -0.3 is 23.7 Å². The average molecular weight is 540 g/mol. The van der Waals surface area contributed by atoms with Crippen LogP contribution in [0.15, 0.2) is 41.5 Å². The number of hydrogen-bond donors (Lipinski definition) is 0. The number of amides is 1. The maximum Gasteiger partial charge on any atom is 0.309 e. The molecule has 10 heteroatoms. The number of piperidine rings is 1. The second-order valence-electron chi connectivity index (χ2n) is 9.49. The van der Waals surface area contributed by atoms with E-state index in [1.54, 1.807) is 33.4 Å². The lowest BCUT2D eigenvalue weighted by molar-refractivity contribution is -0.149. The van der Waals surface area contributed by atoms with E-state index in [0.717, 1.165) is 16.8 Å². The lowest BCUT2D eigenvalue weighted by Gasteiger charge is -2.32. The van der Waals surface area contributed by atoms with E-state index in [-0.39, 0.29) is 30.4 Å². The predicted molar refractivity (Wildman–Crippen MR) is 146 cm³/mol. The largest absolute Gasteiger partial charge is 0.497 e. The van der Waals surface area contributed by atoms with Gasteiger partial charge in [0.05, 0.1) is 59.3 Å². The van der Waals surface area contributed by atoms with Gasteiger partial charge in [0.1, 0.15) is 11.5 Å². The van der Waals surface area contributed by atoms with Crippen molar-refractivity contribution >= 4 is 17.6 Å². The minimum atomic E-state index is -0.362. The molecule has 2 heterocycles. The van der Waals surface area contributed by atoms with Gasteiger partial charge in [0.25, 0.3) is 5.91 Å². The summed E-state index contributed by atoms with van der Waals surface area (Å²) in [4.78, 5) is 27.9. The highest BCUT2D eigenvalue weighted by molar-refractivity contribution is 6.03. The summed E-state index contributed by atoms with van der Waals surface area (Å²) in [6.07, 6.45) is 1.83. The smallest absolute Gasteiger partial charge is 0.309 e. The molecule has 210 valence electrons. The standard InChI is InChI=1S/C29H37N3O7/c1-6-39-29(34)19-11-13-31(14-12-19)18-28(33)32-24(22-9-8-21(35-2)16-26(22)37-4)17-23(30-32)20-7-10-25(36-3)27(15-20)38-5/h7-10,15-16,19,24H,6,11-14,17-18H2,1-5H3/t24-/m0/s1. The van der Waals surface area contributed by atoms with Crippen molar-refractivity contribution < 1.29 is 33.3 Å². The van der Waals surface area contributed by atoms with Crippen molar-refractivity contribution in [2.45, 2.75) is 32.2 Å². The third-order valence-electron chi connectivity index (χ3n) is 7.25. The van der Waals surface area contributed by atoms with E-state index in [2.05, 4.69) is 4.90 Å². The summed E-state index contributed by atoms with van der Waals surface area (Å²) < 4.78 is 27.1. The first-order chi connectivity index (χ1) is 18.9. The lowest BCUT2D eigenvalue weighted by atomic mass is 9.96. The molecule has 4 rings (SSSR count). The maximum atomic E-state index is 13.7. The number of hydrogen-bond acceptors (Lipinski definition) is 9. The van der Waals surface area contributed by atoms with Crippen LogP contribution in [0.3, 0.4) is 0 Å². The summed E-state index contributed by atoms with van der Waals surface area (Å²) in [5.74, 6) is 2.10. The zero-order chi connectivity index (χ0) is 27.9. The van der Waals surface area contributed by atoms with Crippen molar-refractivity contribution in [2.24, 2.45) is 11.0 Å². The lowest BCUT2D eigenvalue weighted by Crippen LogP contribution is -2.43. The van der Waals surface area contributed by atoms with E-state index >= 15 is 0 Å². The van der Waals surface area contributed by atoms with E-state index in [0.29, 0.717) is 62.0 Å². The van der Waals surface area contributed by atoms with Crippen LogP contribution in [0.5, 0.6) is 23.0 Å². The average Bonchev–Trinajstić information content (AvgIpc) is 3.42. The van der Waals surface area contributed by atoms with Crippen LogP contribution in [0.4, 0.5) is 0 Å². The molecule has 0 bridgehead atoms. The molecule has 2 aliphatic rings. The molecule has 0 aromatic heterocycles. The molecule has 0 aliphatic carbocycles. The Morgan fingerprint density at radius 3 is 2.26 bits per heavy atom. The Hall–Kier alpha value is -3.79. The number of methoxy groups -OCH3 is 4. The van der Waals surface area contributed by atoms with E-state index in [4.69, 9.17) is 28.8 Å². The number of carbonyl (C=O) groups excluding carboxylic acids is 2. The second kappa shape index (κ2) is 12.8. The Morgan fingerprint density at radius 2 is 1.62 bits per heavy atom. The van der Waals surface area contributed by atoms with E-state index in [1.165, 1.54) is 0 Å². The third kappa shape index (κ3) is 6.27. The molecule has 0 N–H and O–H groups in total. The van der Waals surface area contributed by atoms with Crippen molar-refractivity contribution in [3.8, 4) is 23.0 Å². The third-order valence-corrected chi connectivity index (χ3v) is 7.25. The van der Waals surface area contributed by atoms with Gasteiger partial charge in [-0.05, 0) is 63.2 Å².